The largest absolute Gasteiger partial charge is 0.463 e. The van der Waals surface area contributed by atoms with Crippen LogP contribution < -0.4 is 0 Å². The minimum atomic E-state index is -4.19. The van der Waals surface area contributed by atoms with E-state index in [-0.39, 0.29) is 25.5 Å². The maximum absolute atomic E-state index is 13.5. The van der Waals surface area contributed by atoms with E-state index in [4.69, 9.17) is 4.74 Å². The van der Waals surface area contributed by atoms with Crippen LogP contribution in [-0.4, -0.2) is 57.5 Å². The number of sulfone groups is 1. The van der Waals surface area contributed by atoms with Crippen molar-refractivity contribution in [3.63, 3.8) is 0 Å². The predicted octanol–water partition coefficient (Wildman–Crippen LogP) is 1.88. The number of aromatic nitrogens is 2. The number of amides is 1. The lowest BCUT2D eigenvalue weighted by molar-refractivity contribution is -0.161. The van der Waals surface area contributed by atoms with E-state index in [1.807, 2.05) is 66.7 Å². The zero-order valence-corrected chi connectivity index (χ0v) is 19.4. The van der Waals surface area contributed by atoms with Gasteiger partial charge in [-0.3, -0.25) is 4.79 Å². The molecule has 9 nitrogen and oxygen atoms in total. The summed E-state index contributed by atoms with van der Waals surface area (Å²) in [4.78, 5) is 30.8. The highest BCUT2D eigenvalue weighted by molar-refractivity contribution is 7.94. The lowest BCUT2D eigenvalue weighted by Crippen LogP contribution is -2.58. The van der Waals surface area contributed by atoms with Crippen LogP contribution in [0.2, 0.25) is 0 Å². The quantitative estimate of drug-likeness (QED) is 0.366. The molecule has 0 N–H and O–H groups in total. The van der Waals surface area contributed by atoms with Crippen molar-refractivity contribution in [3.05, 3.63) is 90.5 Å². The number of hydrogen-bond donors (Lipinski definition) is 0. The lowest BCUT2D eigenvalue weighted by atomic mass is 9.92. The fraction of sp³-hybridized carbons (Fsp3) is 0.280. The van der Waals surface area contributed by atoms with E-state index in [9.17, 15) is 23.3 Å². The minimum Gasteiger partial charge on any atom is -0.463 e. The molecule has 0 bridgehead atoms. The van der Waals surface area contributed by atoms with Crippen molar-refractivity contribution in [1.29, 1.82) is 5.26 Å². The Balaban J connectivity index is 1.48. The van der Waals surface area contributed by atoms with Gasteiger partial charge in [0.05, 0.1) is 25.4 Å². The summed E-state index contributed by atoms with van der Waals surface area (Å²) in [5.41, 5.74) is 1.82. The number of carbonyl (C=O) groups is 2. The van der Waals surface area contributed by atoms with Gasteiger partial charge in [0, 0.05) is 18.3 Å². The van der Waals surface area contributed by atoms with Gasteiger partial charge in [-0.1, -0.05) is 60.7 Å². The molecular weight excluding hydrogens is 468 g/mol. The van der Waals surface area contributed by atoms with Crippen molar-refractivity contribution in [2.45, 2.75) is 35.0 Å². The second-order valence-electron chi connectivity index (χ2n) is 8.65. The van der Waals surface area contributed by atoms with Crippen molar-refractivity contribution in [2.24, 2.45) is 0 Å². The molecule has 2 unspecified atom stereocenters. The molecule has 0 radical (unpaired) electrons. The minimum absolute atomic E-state index is 0.0807. The van der Waals surface area contributed by atoms with Crippen LogP contribution in [0.1, 0.15) is 23.5 Å². The zero-order chi connectivity index (χ0) is 24.6. The number of hydrogen-bond acceptors (Lipinski definition) is 7. The highest BCUT2D eigenvalue weighted by Crippen LogP contribution is 2.47. The Morgan fingerprint density at radius 3 is 2.29 bits per heavy atom. The number of ether oxygens (including phenoxy) is 1. The zero-order valence-electron chi connectivity index (χ0n) is 18.6. The van der Waals surface area contributed by atoms with Gasteiger partial charge in [0.25, 0.3) is 0 Å². The highest BCUT2D eigenvalue weighted by Gasteiger charge is 2.73. The van der Waals surface area contributed by atoms with Crippen molar-refractivity contribution in [1.82, 2.24) is 14.5 Å². The Morgan fingerprint density at radius 1 is 1.14 bits per heavy atom. The maximum atomic E-state index is 13.5. The normalized spacial score (nSPS) is 24.5. The summed E-state index contributed by atoms with van der Waals surface area (Å²) in [6.45, 7) is -0.421. The van der Waals surface area contributed by atoms with Gasteiger partial charge in [0.1, 0.15) is 12.0 Å². The van der Waals surface area contributed by atoms with E-state index in [1.54, 1.807) is 0 Å². The number of imidazole rings is 1. The molecule has 1 amide bonds. The third-order valence-electron chi connectivity index (χ3n) is 6.72. The smallest absolute Gasteiger partial charge is 0.331 e. The van der Waals surface area contributed by atoms with Crippen molar-refractivity contribution < 1.29 is 22.7 Å². The number of nitrogens with zero attached hydrogens (tertiary/aromatic N) is 4. The van der Waals surface area contributed by atoms with E-state index in [0.29, 0.717) is 0 Å². The second-order valence-corrected chi connectivity index (χ2v) is 11.0. The van der Waals surface area contributed by atoms with E-state index in [0.717, 1.165) is 16.0 Å². The maximum Gasteiger partial charge on any atom is 0.331 e. The van der Waals surface area contributed by atoms with Gasteiger partial charge in [-0.05, 0) is 11.1 Å². The number of benzene rings is 2. The second kappa shape index (κ2) is 8.67. The van der Waals surface area contributed by atoms with Crippen molar-refractivity contribution in [3.8, 4) is 6.07 Å². The summed E-state index contributed by atoms with van der Waals surface area (Å²) in [5.74, 6) is -1.72. The molecule has 3 heterocycles. The molecule has 1 aromatic heterocycles. The molecular formula is C25H22N4O5S. The molecule has 0 aliphatic carbocycles. The third-order valence-corrected chi connectivity index (χ3v) is 9.29. The van der Waals surface area contributed by atoms with Gasteiger partial charge in [-0.15, -0.1) is 0 Å². The van der Waals surface area contributed by atoms with E-state index in [1.165, 1.54) is 23.3 Å². The Kier molecular flexibility index (Phi) is 5.65. The van der Waals surface area contributed by atoms with Crippen LogP contribution in [0.5, 0.6) is 0 Å². The van der Waals surface area contributed by atoms with Gasteiger partial charge in [-0.25, -0.2) is 18.2 Å². The van der Waals surface area contributed by atoms with Gasteiger partial charge in [-0.2, -0.15) is 5.26 Å². The molecule has 0 spiro atoms. The molecule has 2 saturated heterocycles. The standard InChI is InChI=1S/C25H22N4O5S/c26-15-25(16-28-12-11-27-17-28)23(29-21(30)13-22(29)35(25,32)33)24(31)34-14-20(18-7-3-1-4-8-18)19-9-5-2-6-10-19/h1-12,17,20,22-23H,13-14,16H2/t22?,23?,25-/m0/s1. The summed E-state index contributed by atoms with van der Waals surface area (Å²) < 4.78 is 31.8. The van der Waals surface area contributed by atoms with Crippen LogP contribution in [0, 0.1) is 11.3 Å². The number of rotatable bonds is 7. The number of β-lactam (4-membered cyclic amide) rings is 1. The summed E-state index contributed by atoms with van der Waals surface area (Å²) in [6.07, 6.45) is 4.07. The molecule has 3 atom stereocenters. The van der Waals surface area contributed by atoms with Crippen LogP contribution in [0.4, 0.5) is 0 Å². The number of nitriles is 1. The Bertz CT molecular complexity index is 1350. The SMILES string of the molecule is N#C[C@]1(Cn2ccnc2)C(C(=O)OCC(c2ccccc2)c2ccccc2)N2C(=O)CC2S1(=O)=O. The van der Waals surface area contributed by atoms with Crippen LogP contribution in [0.3, 0.4) is 0 Å². The number of esters is 1. The van der Waals surface area contributed by atoms with Gasteiger partial charge in [0.2, 0.25) is 10.7 Å². The molecule has 35 heavy (non-hydrogen) atoms. The highest BCUT2D eigenvalue weighted by atomic mass is 32.2. The molecule has 2 aliphatic heterocycles. The molecule has 10 heteroatoms. The number of carbonyl (C=O) groups excluding carboxylic acids is 2. The van der Waals surface area contributed by atoms with E-state index >= 15 is 0 Å². The lowest BCUT2D eigenvalue weighted by Gasteiger charge is -2.36. The summed E-state index contributed by atoms with van der Waals surface area (Å²) in [6, 6.07) is 19.3. The fourth-order valence-electron chi connectivity index (χ4n) is 4.89. The van der Waals surface area contributed by atoms with Crippen LogP contribution >= 0.6 is 0 Å². The van der Waals surface area contributed by atoms with Gasteiger partial charge >= 0.3 is 5.97 Å². The van der Waals surface area contributed by atoms with Crippen LogP contribution in [-0.2, 0) is 30.7 Å². The van der Waals surface area contributed by atoms with Crippen LogP contribution in [0.15, 0.2) is 79.4 Å². The average molecular weight is 491 g/mol. The summed E-state index contributed by atoms with van der Waals surface area (Å²) in [5, 5.41) is 8.93. The first kappa shape index (κ1) is 22.8. The molecule has 3 aromatic rings. The molecule has 2 aromatic carbocycles. The summed E-state index contributed by atoms with van der Waals surface area (Å²) in [7, 11) is -4.19. The first-order valence-corrected chi connectivity index (χ1v) is 12.6. The molecule has 0 saturated carbocycles. The topological polar surface area (TPSA) is 122 Å². The van der Waals surface area contributed by atoms with E-state index in [2.05, 4.69) is 4.98 Å². The fourth-order valence-corrected chi connectivity index (χ4v) is 7.25. The number of fused-ring (bicyclic) bond motifs is 1. The monoisotopic (exact) mass is 490 g/mol. The Morgan fingerprint density at radius 2 is 1.77 bits per heavy atom. The van der Waals surface area contributed by atoms with Crippen molar-refractivity contribution in [2.75, 3.05) is 6.61 Å². The van der Waals surface area contributed by atoms with Crippen molar-refractivity contribution >= 4 is 21.7 Å². The van der Waals surface area contributed by atoms with Gasteiger partial charge in [0.15, 0.2) is 15.9 Å². The van der Waals surface area contributed by atoms with Gasteiger partial charge < -0.3 is 14.2 Å². The third kappa shape index (κ3) is 3.59. The Hall–Kier alpha value is -3.97. The average Bonchev–Trinajstić information content (AvgIpc) is 3.43. The first-order chi connectivity index (χ1) is 16.9. The van der Waals surface area contributed by atoms with E-state index < -0.39 is 37.9 Å². The van der Waals surface area contributed by atoms with Crippen LogP contribution in [0.25, 0.3) is 0 Å². The molecule has 2 fully saturated rings. The Labute approximate surface area is 202 Å². The molecule has 2 aliphatic rings. The predicted molar refractivity (Wildman–Crippen MR) is 124 cm³/mol. The first-order valence-electron chi connectivity index (χ1n) is 11.1. The molecule has 178 valence electrons. The molecule has 5 rings (SSSR count). The summed E-state index contributed by atoms with van der Waals surface area (Å²) >= 11 is 0.